The summed E-state index contributed by atoms with van der Waals surface area (Å²) < 4.78 is 42.2. The lowest BCUT2D eigenvalue weighted by Gasteiger charge is -2.28. The topological polar surface area (TPSA) is 106 Å². The number of amides is 1. The number of rotatable bonds is 15. The van der Waals surface area contributed by atoms with Crippen molar-refractivity contribution < 1.29 is 27.4 Å². The summed E-state index contributed by atoms with van der Waals surface area (Å²) in [5.41, 5.74) is 2.54. The van der Waals surface area contributed by atoms with E-state index in [4.69, 9.17) is 14.2 Å². The van der Waals surface area contributed by atoms with Crippen molar-refractivity contribution in [3.05, 3.63) is 47.0 Å². The number of hydrogen-bond donors (Lipinski definition) is 2. The first kappa shape index (κ1) is 33.3. The maximum Gasteiger partial charge on any atom is 0.251 e. The first-order valence-corrected chi connectivity index (χ1v) is 14.3. The molecule has 0 aliphatic carbocycles. The first-order chi connectivity index (χ1) is 17.6. The van der Waals surface area contributed by atoms with Crippen LogP contribution in [0, 0.1) is 6.92 Å². The monoisotopic (exact) mass is 571 g/mol. The zero-order chi connectivity index (χ0) is 27.6. The molecule has 2 rings (SSSR count). The molecule has 2 aromatic rings. The maximum atomic E-state index is 13.1. The Kier molecular flexibility index (Phi) is 13.7. The highest BCUT2D eigenvalue weighted by Gasteiger charge is 2.22. The molecule has 0 bridgehead atoms. The van der Waals surface area contributed by atoms with Gasteiger partial charge in [-0.1, -0.05) is 13.8 Å². The molecule has 1 unspecified atom stereocenters. The molecule has 0 saturated heterocycles. The minimum absolute atomic E-state index is 0. The first-order valence-electron chi connectivity index (χ1n) is 12.5. The number of ether oxygens (including phenoxy) is 3. The van der Waals surface area contributed by atoms with Gasteiger partial charge in [-0.15, -0.1) is 12.4 Å². The number of carbonyl (C=O) groups excluding carboxylic acids is 1. The van der Waals surface area contributed by atoms with Gasteiger partial charge in [0.2, 0.25) is 15.8 Å². The summed E-state index contributed by atoms with van der Waals surface area (Å²) in [7, 11) is 1.34. The predicted molar refractivity (Wildman–Crippen MR) is 155 cm³/mol. The van der Waals surface area contributed by atoms with Crippen LogP contribution in [-0.2, 0) is 10.0 Å². The molecule has 0 heterocycles. The van der Waals surface area contributed by atoms with Gasteiger partial charge in [0.1, 0.15) is 0 Å². The van der Waals surface area contributed by atoms with Gasteiger partial charge in [0, 0.05) is 24.6 Å². The van der Waals surface area contributed by atoms with E-state index < -0.39 is 10.0 Å². The third-order valence-corrected chi connectivity index (χ3v) is 6.60. The molecule has 0 aromatic heterocycles. The van der Waals surface area contributed by atoms with E-state index in [1.54, 1.807) is 46.5 Å². The van der Waals surface area contributed by atoms with E-state index >= 15 is 0 Å². The van der Waals surface area contributed by atoms with E-state index in [2.05, 4.69) is 28.8 Å². The number of methoxy groups -OCH3 is 3. The molecule has 9 nitrogen and oxygen atoms in total. The van der Waals surface area contributed by atoms with Gasteiger partial charge in [-0.3, -0.25) is 9.52 Å². The fourth-order valence-corrected chi connectivity index (χ4v) is 4.93. The summed E-state index contributed by atoms with van der Waals surface area (Å²) in [6.07, 6.45) is 3.15. The Morgan fingerprint density at radius 3 is 2.00 bits per heavy atom. The van der Waals surface area contributed by atoms with E-state index in [0.29, 0.717) is 40.6 Å². The third kappa shape index (κ3) is 9.56. The van der Waals surface area contributed by atoms with Gasteiger partial charge < -0.3 is 24.4 Å². The molecule has 2 N–H and O–H groups in total. The molecule has 1 atom stereocenters. The smallest absolute Gasteiger partial charge is 0.251 e. The number of aryl methyl sites for hydroxylation is 1. The van der Waals surface area contributed by atoms with Crippen molar-refractivity contribution in [2.75, 3.05) is 58.5 Å². The highest BCUT2D eigenvalue weighted by molar-refractivity contribution is 7.92. The Bertz CT molecular complexity index is 1130. The number of nitrogens with one attached hydrogen (secondary N) is 2. The Hall–Kier alpha value is -2.69. The van der Waals surface area contributed by atoms with Crippen LogP contribution in [-0.4, -0.2) is 73.0 Å². The number of benzene rings is 2. The molecule has 2 aromatic carbocycles. The summed E-state index contributed by atoms with van der Waals surface area (Å²) in [6, 6.07) is 8.77. The van der Waals surface area contributed by atoms with Crippen molar-refractivity contribution in [2.24, 2.45) is 0 Å². The van der Waals surface area contributed by atoms with Gasteiger partial charge in [-0.2, -0.15) is 0 Å². The fraction of sp³-hybridized carbons (Fsp3) is 0.519. The maximum absolute atomic E-state index is 13.1. The lowest BCUT2D eigenvalue weighted by atomic mass is 9.96. The van der Waals surface area contributed by atoms with Crippen LogP contribution < -0.4 is 24.2 Å². The number of nitrogens with zero attached hydrogens (tertiary/aromatic N) is 1. The van der Waals surface area contributed by atoms with Crippen LogP contribution in [0.5, 0.6) is 17.2 Å². The standard InChI is InChI=1S/C27H41N3O6S.ClH/c1-8-12-30(13-9-2)18-22(21-15-24(34-4)26(36-6)25(16-21)35-5)17-28-27(31)20-10-11-23(19(3)14-20)29-37(7,32)33;/h10-11,14-16,22,29H,8-9,12-13,17-18H2,1-7H3,(H,28,31);1H. The minimum Gasteiger partial charge on any atom is -0.493 e. The molecule has 0 saturated carbocycles. The van der Waals surface area contributed by atoms with Crippen molar-refractivity contribution in [1.29, 1.82) is 0 Å². The SMILES string of the molecule is CCCN(CCC)CC(CNC(=O)c1ccc(NS(C)(=O)=O)c(C)c1)c1cc(OC)c(OC)c(OC)c1.Cl. The van der Waals surface area contributed by atoms with Crippen molar-refractivity contribution >= 4 is 34.0 Å². The average molecular weight is 572 g/mol. The van der Waals surface area contributed by atoms with Crippen LogP contribution in [0.3, 0.4) is 0 Å². The molecular weight excluding hydrogens is 530 g/mol. The zero-order valence-electron chi connectivity index (χ0n) is 23.4. The average Bonchev–Trinajstić information content (AvgIpc) is 2.85. The number of sulfonamides is 1. The van der Waals surface area contributed by atoms with Crippen molar-refractivity contribution in [3.63, 3.8) is 0 Å². The number of carbonyl (C=O) groups is 1. The van der Waals surface area contributed by atoms with Crippen LogP contribution in [0.25, 0.3) is 0 Å². The third-order valence-electron chi connectivity index (χ3n) is 6.01. The molecule has 214 valence electrons. The number of anilines is 1. The summed E-state index contributed by atoms with van der Waals surface area (Å²) in [6.45, 7) is 9.12. The van der Waals surface area contributed by atoms with Crippen LogP contribution in [0.2, 0.25) is 0 Å². The number of halogens is 1. The van der Waals surface area contributed by atoms with E-state index in [-0.39, 0.29) is 24.2 Å². The molecule has 1 amide bonds. The van der Waals surface area contributed by atoms with Gasteiger partial charge in [-0.25, -0.2) is 8.42 Å². The van der Waals surface area contributed by atoms with Crippen LogP contribution in [0.4, 0.5) is 5.69 Å². The molecule has 38 heavy (non-hydrogen) atoms. The lowest BCUT2D eigenvalue weighted by Crippen LogP contribution is -2.36. The largest absolute Gasteiger partial charge is 0.493 e. The van der Waals surface area contributed by atoms with E-state index in [1.165, 1.54) is 0 Å². The second-order valence-corrected chi connectivity index (χ2v) is 10.8. The quantitative estimate of drug-likeness (QED) is 0.325. The van der Waals surface area contributed by atoms with Crippen LogP contribution >= 0.6 is 12.4 Å². The van der Waals surface area contributed by atoms with Gasteiger partial charge in [0.25, 0.3) is 5.91 Å². The molecular formula is C27H42ClN3O6S. The second kappa shape index (κ2) is 15.7. The van der Waals surface area contributed by atoms with Gasteiger partial charge >= 0.3 is 0 Å². The molecule has 0 spiro atoms. The normalized spacial score (nSPS) is 11.9. The second-order valence-electron chi connectivity index (χ2n) is 9.07. The van der Waals surface area contributed by atoms with E-state index in [0.717, 1.165) is 44.3 Å². The van der Waals surface area contributed by atoms with Gasteiger partial charge in [0.05, 0.1) is 33.3 Å². The molecule has 0 radical (unpaired) electrons. The Morgan fingerprint density at radius 1 is 0.974 bits per heavy atom. The van der Waals surface area contributed by atoms with Crippen molar-refractivity contribution in [1.82, 2.24) is 10.2 Å². The number of hydrogen-bond acceptors (Lipinski definition) is 7. The van der Waals surface area contributed by atoms with Crippen LogP contribution in [0.1, 0.15) is 54.1 Å². The lowest BCUT2D eigenvalue weighted by molar-refractivity contribution is 0.0948. The van der Waals surface area contributed by atoms with Crippen molar-refractivity contribution in [3.8, 4) is 17.2 Å². The molecule has 0 aliphatic rings. The highest BCUT2D eigenvalue weighted by atomic mass is 35.5. The Balaban J connectivity index is 0.00000722. The van der Waals surface area contributed by atoms with Gasteiger partial charge in [-0.05, 0) is 74.3 Å². The Morgan fingerprint density at radius 2 is 1.55 bits per heavy atom. The minimum atomic E-state index is -3.41. The van der Waals surface area contributed by atoms with Crippen molar-refractivity contribution in [2.45, 2.75) is 39.5 Å². The fourth-order valence-electron chi connectivity index (χ4n) is 4.30. The molecule has 11 heteroatoms. The van der Waals surface area contributed by atoms with Gasteiger partial charge in [0.15, 0.2) is 11.5 Å². The Labute approximate surface area is 233 Å². The summed E-state index contributed by atoms with van der Waals surface area (Å²) in [5, 5.41) is 3.07. The summed E-state index contributed by atoms with van der Waals surface area (Å²) >= 11 is 0. The molecule has 0 aliphatic heterocycles. The van der Waals surface area contributed by atoms with E-state index in [9.17, 15) is 13.2 Å². The van der Waals surface area contributed by atoms with E-state index in [1.807, 2.05) is 12.1 Å². The predicted octanol–water partition coefficient (Wildman–Crippen LogP) is 4.45. The summed E-state index contributed by atoms with van der Waals surface area (Å²) in [4.78, 5) is 15.5. The molecule has 0 fully saturated rings. The highest BCUT2D eigenvalue weighted by Crippen LogP contribution is 2.40. The van der Waals surface area contributed by atoms with Crippen LogP contribution in [0.15, 0.2) is 30.3 Å². The zero-order valence-corrected chi connectivity index (χ0v) is 25.1. The summed E-state index contributed by atoms with van der Waals surface area (Å²) in [5.74, 6) is 1.38.